The number of carbonyl (C=O) groups is 1. The molecule has 2 aromatic carbocycles. The largest absolute Gasteiger partial charge is 0.457 e. The molecule has 42 heavy (non-hydrogen) atoms. The van der Waals surface area contributed by atoms with Crippen LogP contribution in [0.3, 0.4) is 0 Å². The minimum atomic E-state index is -0.124. The van der Waals surface area contributed by atoms with Crippen molar-refractivity contribution < 1.29 is 14.3 Å². The average Bonchev–Trinajstić information content (AvgIpc) is 3.78. The number of fused-ring (bicyclic) bond motifs is 1. The molecule has 2 atom stereocenters. The fraction of sp³-hybridized carbons (Fsp3) is 0.312. The fourth-order valence-electron chi connectivity index (χ4n) is 5.81. The number of nitrogens with zero attached hydrogens (tertiary/aromatic N) is 6. The Kier molecular flexibility index (Phi) is 7.86. The number of anilines is 1. The molecular weight excluding hydrogens is 530 g/mol. The highest BCUT2D eigenvalue weighted by Gasteiger charge is 2.32. The summed E-state index contributed by atoms with van der Waals surface area (Å²) in [7, 11) is 2.05. The molecule has 6 rings (SSSR count). The molecule has 0 bridgehead atoms. The van der Waals surface area contributed by atoms with Gasteiger partial charge in [-0.2, -0.15) is 5.26 Å². The molecule has 10 heteroatoms. The van der Waals surface area contributed by atoms with Crippen LogP contribution in [0.1, 0.15) is 24.6 Å². The number of ether oxygens (including phenoxy) is 2. The van der Waals surface area contributed by atoms with Crippen molar-refractivity contribution in [1.82, 2.24) is 24.3 Å². The number of nitrogens with two attached hydrogens (primary N) is 1. The number of likely N-dealkylation sites (tertiary alicyclic amines) is 1. The van der Waals surface area contributed by atoms with Gasteiger partial charge in [0.25, 0.3) is 0 Å². The van der Waals surface area contributed by atoms with E-state index in [1.54, 1.807) is 6.08 Å². The number of nitriles is 1. The lowest BCUT2D eigenvalue weighted by Gasteiger charge is -2.21. The fourth-order valence-corrected chi connectivity index (χ4v) is 5.81. The monoisotopic (exact) mass is 563 g/mol. The number of nitrogen functional groups attached to an aromatic ring is 1. The first-order valence-corrected chi connectivity index (χ1v) is 14.1. The maximum absolute atomic E-state index is 13.1. The highest BCUT2D eigenvalue weighted by atomic mass is 16.5. The van der Waals surface area contributed by atoms with E-state index in [1.807, 2.05) is 70.1 Å². The zero-order valence-electron chi connectivity index (χ0n) is 23.5. The Bertz CT molecular complexity index is 1640. The molecule has 1 amide bonds. The number of benzene rings is 2. The third kappa shape index (κ3) is 5.44. The van der Waals surface area contributed by atoms with E-state index in [1.165, 1.54) is 6.33 Å². The molecule has 4 aromatic rings. The van der Waals surface area contributed by atoms with E-state index in [9.17, 15) is 10.1 Å². The molecule has 10 nitrogen and oxygen atoms in total. The highest BCUT2D eigenvalue weighted by molar-refractivity contribution is 6.03. The van der Waals surface area contributed by atoms with Crippen molar-refractivity contribution in [3.05, 3.63) is 78.8 Å². The third-order valence-electron chi connectivity index (χ3n) is 8.06. The van der Waals surface area contributed by atoms with Gasteiger partial charge in [-0.25, -0.2) is 9.97 Å². The van der Waals surface area contributed by atoms with Crippen LogP contribution in [0.25, 0.3) is 22.2 Å². The predicted molar refractivity (Wildman–Crippen MR) is 160 cm³/mol. The summed E-state index contributed by atoms with van der Waals surface area (Å²) in [6.07, 6.45) is 6.70. The molecule has 0 aliphatic carbocycles. The number of aromatic nitrogens is 3. The van der Waals surface area contributed by atoms with Gasteiger partial charge in [-0.3, -0.25) is 9.69 Å². The number of para-hydroxylation sites is 1. The zero-order valence-corrected chi connectivity index (χ0v) is 23.5. The van der Waals surface area contributed by atoms with Crippen LogP contribution in [0.4, 0.5) is 5.82 Å². The van der Waals surface area contributed by atoms with Crippen molar-refractivity contribution in [3.63, 3.8) is 0 Å². The predicted octanol–water partition coefficient (Wildman–Crippen LogP) is 4.39. The van der Waals surface area contributed by atoms with E-state index in [2.05, 4.69) is 28.0 Å². The summed E-state index contributed by atoms with van der Waals surface area (Å²) in [6.45, 7) is 3.28. The second kappa shape index (κ2) is 12.0. The maximum atomic E-state index is 13.1. The van der Waals surface area contributed by atoms with Crippen LogP contribution in [-0.2, 0) is 9.53 Å². The molecule has 2 aliphatic heterocycles. The first kappa shape index (κ1) is 27.4. The molecule has 2 saturated heterocycles. The van der Waals surface area contributed by atoms with Crippen molar-refractivity contribution in [2.45, 2.75) is 24.9 Å². The van der Waals surface area contributed by atoms with Gasteiger partial charge in [0.1, 0.15) is 41.1 Å². The molecular formula is C32H33N7O3. The van der Waals surface area contributed by atoms with E-state index in [4.69, 9.17) is 15.2 Å². The molecule has 214 valence electrons. The smallest absolute Gasteiger partial charge is 0.246 e. The molecule has 0 radical (unpaired) electrons. The summed E-state index contributed by atoms with van der Waals surface area (Å²) < 4.78 is 13.4. The van der Waals surface area contributed by atoms with E-state index in [-0.39, 0.29) is 11.9 Å². The number of amides is 1. The molecule has 2 N–H and O–H groups in total. The first-order valence-electron chi connectivity index (χ1n) is 14.1. The summed E-state index contributed by atoms with van der Waals surface area (Å²) in [5, 5.41) is 11.0. The molecule has 2 aromatic heterocycles. The number of hydrogen-bond donors (Lipinski definition) is 1. The summed E-state index contributed by atoms with van der Waals surface area (Å²) >= 11 is 0. The van der Waals surface area contributed by atoms with Crippen molar-refractivity contribution in [1.29, 1.82) is 5.26 Å². The summed E-state index contributed by atoms with van der Waals surface area (Å²) in [5.41, 5.74) is 8.91. The van der Waals surface area contributed by atoms with Gasteiger partial charge < -0.3 is 24.7 Å². The molecule has 4 heterocycles. The van der Waals surface area contributed by atoms with E-state index in [0.29, 0.717) is 66.0 Å². The highest BCUT2D eigenvalue weighted by Crippen LogP contribution is 2.40. The van der Waals surface area contributed by atoms with Crippen LogP contribution in [0.15, 0.2) is 73.1 Å². The van der Waals surface area contributed by atoms with Crippen LogP contribution >= 0.6 is 0 Å². The maximum Gasteiger partial charge on any atom is 0.246 e. The lowest BCUT2D eigenvalue weighted by atomic mass is 10.0. The van der Waals surface area contributed by atoms with Gasteiger partial charge in [-0.15, -0.1) is 0 Å². The Morgan fingerprint density at radius 3 is 2.69 bits per heavy atom. The van der Waals surface area contributed by atoms with Crippen molar-refractivity contribution in [3.8, 4) is 28.7 Å². The van der Waals surface area contributed by atoms with Gasteiger partial charge >= 0.3 is 0 Å². The topological polar surface area (TPSA) is 123 Å². The minimum Gasteiger partial charge on any atom is -0.457 e. The van der Waals surface area contributed by atoms with Crippen LogP contribution in [0.5, 0.6) is 11.5 Å². The number of hydrogen-bond acceptors (Lipinski definition) is 8. The Morgan fingerprint density at radius 1 is 1.17 bits per heavy atom. The van der Waals surface area contributed by atoms with Gasteiger partial charge in [-0.1, -0.05) is 36.4 Å². The second-order valence-corrected chi connectivity index (χ2v) is 10.7. The van der Waals surface area contributed by atoms with Gasteiger partial charge in [0, 0.05) is 43.9 Å². The minimum absolute atomic E-state index is 0.0353. The number of likely N-dealkylation sites (N-methyl/N-ethyl adjacent to an activating group) is 1. The molecule has 0 saturated carbocycles. The lowest BCUT2D eigenvalue weighted by molar-refractivity contribution is -0.125. The van der Waals surface area contributed by atoms with E-state index >= 15 is 0 Å². The van der Waals surface area contributed by atoms with E-state index in [0.717, 1.165) is 30.9 Å². The average molecular weight is 564 g/mol. The van der Waals surface area contributed by atoms with Crippen LogP contribution < -0.4 is 10.5 Å². The van der Waals surface area contributed by atoms with Crippen molar-refractivity contribution >= 4 is 22.8 Å². The normalized spacial score (nSPS) is 18.7. The SMILES string of the molecule is CN(C/C=C/C(=O)N1CC[C@@H](n2c(C#N)c(-c3ccc(Oc4ccccc4)cc3)c3c(N)ncnc32)C1)[C@H]1CCOC1. The molecule has 2 fully saturated rings. The Labute approximate surface area is 244 Å². The Hall–Kier alpha value is -4.72. The lowest BCUT2D eigenvalue weighted by Crippen LogP contribution is -2.32. The second-order valence-electron chi connectivity index (χ2n) is 10.7. The molecule has 0 spiro atoms. The number of rotatable bonds is 8. The summed E-state index contributed by atoms with van der Waals surface area (Å²) in [5.74, 6) is 1.69. The third-order valence-corrected chi connectivity index (χ3v) is 8.06. The zero-order chi connectivity index (χ0) is 29.1. The Balaban J connectivity index is 1.24. The standard InChI is InChI=1S/C32H33N7O3/c1-37(24-14-17-41-20-24)15-5-8-28(40)38-16-13-23(19-38)39-27(18-33)29(30-31(34)35-21-36-32(30)39)22-9-11-26(12-10-22)42-25-6-3-2-4-7-25/h2-12,21,23-24H,13-17,19-20H2,1H3,(H2,34,35,36)/b8-5+/t23-,24+/m1/s1. The quantitative estimate of drug-likeness (QED) is 0.313. The van der Waals surface area contributed by atoms with Gasteiger partial charge in [0.15, 0.2) is 0 Å². The summed E-state index contributed by atoms with van der Waals surface area (Å²) in [6, 6.07) is 19.8. The van der Waals surface area contributed by atoms with E-state index < -0.39 is 0 Å². The van der Waals surface area contributed by atoms with Crippen molar-refractivity contribution in [2.75, 3.05) is 45.6 Å². The molecule has 0 unspecified atom stereocenters. The number of carbonyl (C=O) groups excluding carboxylic acids is 1. The first-order chi connectivity index (χ1) is 20.5. The Morgan fingerprint density at radius 2 is 1.95 bits per heavy atom. The summed E-state index contributed by atoms with van der Waals surface area (Å²) in [4.78, 5) is 25.9. The van der Waals surface area contributed by atoms with Crippen LogP contribution in [0, 0.1) is 11.3 Å². The van der Waals surface area contributed by atoms with Crippen LogP contribution in [0.2, 0.25) is 0 Å². The van der Waals surface area contributed by atoms with Crippen molar-refractivity contribution in [2.24, 2.45) is 0 Å². The molecule has 2 aliphatic rings. The van der Waals surface area contributed by atoms with Crippen LogP contribution in [-0.4, -0.2) is 76.2 Å². The van der Waals surface area contributed by atoms with Gasteiger partial charge in [-0.05, 0) is 49.7 Å². The van der Waals surface area contributed by atoms with Gasteiger partial charge in [0.2, 0.25) is 5.91 Å². The van der Waals surface area contributed by atoms with Gasteiger partial charge in [0.05, 0.1) is 18.0 Å².